The fourth-order valence-corrected chi connectivity index (χ4v) is 2.36. The molecule has 19 heavy (non-hydrogen) atoms. The molecule has 4 nitrogen and oxygen atoms in total. The van der Waals surface area contributed by atoms with Crippen molar-refractivity contribution in [3.8, 4) is 0 Å². The monoisotopic (exact) mass is 283 g/mol. The van der Waals surface area contributed by atoms with Gasteiger partial charge in [0.05, 0.1) is 10.7 Å². The number of nitrogens with one attached hydrogen (secondary N) is 1. The summed E-state index contributed by atoms with van der Waals surface area (Å²) in [5.41, 5.74) is 11.3. The number of nitrogen functional groups attached to an aromatic ring is 1. The molecule has 0 spiro atoms. The lowest BCUT2D eigenvalue weighted by Gasteiger charge is -2.04. The number of halogens is 2. The summed E-state index contributed by atoms with van der Waals surface area (Å²) in [6, 6.07) is 4.89. The van der Waals surface area contributed by atoms with Crippen LogP contribution in [0.4, 0.5) is 19.5 Å². The van der Waals surface area contributed by atoms with Gasteiger partial charge in [-0.05, 0) is 12.1 Å². The zero-order valence-corrected chi connectivity index (χ0v) is 10.6. The van der Waals surface area contributed by atoms with Crippen LogP contribution in [-0.2, 0) is 6.54 Å². The molecule has 0 aliphatic heterocycles. The molecular weight excluding hydrogens is 272 g/mol. The second-order valence-corrected chi connectivity index (χ2v) is 4.90. The molecule has 0 fully saturated rings. The Balaban J connectivity index is 2.10. The Morgan fingerprint density at radius 2 is 2.05 bits per heavy atom. The van der Waals surface area contributed by atoms with Crippen LogP contribution in [0.15, 0.2) is 24.3 Å². The van der Waals surface area contributed by atoms with Gasteiger partial charge in [-0.15, -0.1) is 11.3 Å². The molecule has 2 aromatic rings. The number of hydrogen-bond donors (Lipinski definition) is 3. The fourth-order valence-electron chi connectivity index (χ4n) is 1.53. The zero-order valence-electron chi connectivity index (χ0n) is 9.74. The van der Waals surface area contributed by atoms with E-state index in [0.29, 0.717) is 10.6 Å². The topological polar surface area (TPSA) is 81.1 Å². The molecule has 0 saturated heterocycles. The van der Waals surface area contributed by atoms with Gasteiger partial charge < -0.3 is 16.8 Å². The summed E-state index contributed by atoms with van der Waals surface area (Å²) in [4.78, 5) is 11.3. The summed E-state index contributed by atoms with van der Waals surface area (Å²) >= 11 is 1.09. The van der Waals surface area contributed by atoms with E-state index >= 15 is 0 Å². The SMILES string of the molecule is NC(=O)c1sc(NCc2ccc(F)cc2F)cc1N. The summed E-state index contributed by atoms with van der Waals surface area (Å²) in [5, 5.41) is 3.50. The van der Waals surface area contributed by atoms with Gasteiger partial charge in [0.15, 0.2) is 0 Å². The van der Waals surface area contributed by atoms with Crippen LogP contribution in [-0.4, -0.2) is 5.91 Å². The molecule has 100 valence electrons. The highest BCUT2D eigenvalue weighted by Gasteiger charge is 2.11. The van der Waals surface area contributed by atoms with Crippen LogP contribution >= 0.6 is 11.3 Å². The average molecular weight is 283 g/mol. The first-order chi connectivity index (χ1) is 8.97. The van der Waals surface area contributed by atoms with Crippen LogP contribution in [0.1, 0.15) is 15.2 Å². The van der Waals surface area contributed by atoms with E-state index in [2.05, 4.69) is 5.32 Å². The minimum Gasteiger partial charge on any atom is -0.397 e. The Kier molecular flexibility index (Phi) is 3.66. The Labute approximate surface area is 112 Å². The third-order valence-corrected chi connectivity index (χ3v) is 3.58. The summed E-state index contributed by atoms with van der Waals surface area (Å²) in [7, 11) is 0. The minimum atomic E-state index is -0.632. The molecule has 0 saturated carbocycles. The van der Waals surface area contributed by atoms with Crippen molar-refractivity contribution >= 4 is 27.9 Å². The Morgan fingerprint density at radius 1 is 1.32 bits per heavy atom. The van der Waals surface area contributed by atoms with E-state index in [1.807, 2.05) is 0 Å². The van der Waals surface area contributed by atoms with Gasteiger partial charge in [-0.1, -0.05) is 6.07 Å². The molecule has 1 aromatic heterocycles. The van der Waals surface area contributed by atoms with E-state index < -0.39 is 17.5 Å². The van der Waals surface area contributed by atoms with Gasteiger partial charge >= 0.3 is 0 Å². The van der Waals surface area contributed by atoms with Crippen molar-refractivity contribution < 1.29 is 13.6 Å². The highest BCUT2D eigenvalue weighted by Crippen LogP contribution is 2.29. The summed E-state index contributed by atoms with van der Waals surface area (Å²) < 4.78 is 26.1. The van der Waals surface area contributed by atoms with Gasteiger partial charge in [-0.3, -0.25) is 4.79 Å². The first-order valence-electron chi connectivity index (χ1n) is 5.34. The first-order valence-corrected chi connectivity index (χ1v) is 6.16. The number of anilines is 2. The first kappa shape index (κ1) is 13.3. The Bertz CT molecular complexity index is 627. The van der Waals surface area contributed by atoms with Crippen molar-refractivity contribution in [3.63, 3.8) is 0 Å². The Morgan fingerprint density at radius 3 is 2.63 bits per heavy atom. The van der Waals surface area contributed by atoms with Crippen molar-refractivity contribution in [2.24, 2.45) is 5.73 Å². The molecule has 1 amide bonds. The Hall–Kier alpha value is -2.15. The molecule has 1 aromatic carbocycles. The van der Waals surface area contributed by atoms with Crippen molar-refractivity contribution in [1.29, 1.82) is 0 Å². The predicted octanol–water partition coefficient (Wildman–Crippen LogP) is 2.32. The third kappa shape index (κ3) is 3.00. The van der Waals surface area contributed by atoms with E-state index in [1.165, 1.54) is 12.1 Å². The molecule has 7 heteroatoms. The van der Waals surface area contributed by atoms with Gasteiger partial charge in [0.25, 0.3) is 5.91 Å². The predicted molar refractivity (Wildman–Crippen MR) is 70.9 cm³/mol. The maximum Gasteiger partial charge on any atom is 0.260 e. The summed E-state index contributed by atoms with van der Waals surface area (Å²) in [5.74, 6) is -1.87. The van der Waals surface area contributed by atoms with Crippen LogP contribution in [0.25, 0.3) is 0 Å². The quantitative estimate of drug-likeness (QED) is 0.805. The number of carbonyl (C=O) groups excluding carboxylic acids is 1. The number of amides is 1. The number of benzene rings is 1. The number of rotatable bonds is 4. The maximum absolute atomic E-state index is 13.4. The second kappa shape index (κ2) is 5.23. The van der Waals surface area contributed by atoms with E-state index in [4.69, 9.17) is 11.5 Å². The van der Waals surface area contributed by atoms with E-state index in [-0.39, 0.29) is 17.1 Å². The van der Waals surface area contributed by atoms with Crippen molar-refractivity contribution in [3.05, 3.63) is 46.3 Å². The molecule has 1 heterocycles. The van der Waals surface area contributed by atoms with Gasteiger partial charge in [-0.2, -0.15) is 0 Å². The molecule has 0 unspecified atom stereocenters. The van der Waals surface area contributed by atoms with Crippen molar-refractivity contribution in [2.75, 3.05) is 11.1 Å². The second-order valence-electron chi connectivity index (χ2n) is 3.85. The van der Waals surface area contributed by atoms with Crippen LogP contribution in [0, 0.1) is 11.6 Å². The van der Waals surface area contributed by atoms with Crippen LogP contribution in [0.5, 0.6) is 0 Å². The molecule has 0 atom stereocenters. The lowest BCUT2D eigenvalue weighted by atomic mass is 10.2. The van der Waals surface area contributed by atoms with Crippen LogP contribution in [0.3, 0.4) is 0 Å². The van der Waals surface area contributed by atoms with E-state index in [0.717, 1.165) is 17.4 Å². The molecule has 0 bridgehead atoms. The van der Waals surface area contributed by atoms with Crippen LogP contribution in [0.2, 0.25) is 0 Å². The molecule has 0 aliphatic rings. The lowest BCUT2D eigenvalue weighted by molar-refractivity contribution is 0.100. The number of carbonyl (C=O) groups is 1. The van der Waals surface area contributed by atoms with E-state index in [9.17, 15) is 13.6 Å². The normalized spacial score (nSPS) is 10.4. The van der Waals surface area contributed by atoms with Crippen molar-refractivity contribution in [1.82, 2.24) is 0 Å². The van der Waals surface area contributed by atoms with E-state index in [1.54, 1.807) is 6.07 Å². The standard InChI is InChI=1S/C12H11F2N3OS/c13-7-2-1-6(8(14)3-7)5-17-10-4-9(15)11(19-10)12(16)18/h1-4,17H,5,15H2,(H2,16,18). The average Bonchev–Trinajstić information content (AvgIpc) is 2.69. The largest absolute Gasteiger partial charge is 0.397 e. The lowest BCUT2D eigenvalue weighted by Crippen LogP contribution is -2.10. The zero-order chi connectivity index (χ0) is 14.0. The van der Waals surface area contributed by atoms with Gasteiger partial charge in [0.1, 0.15) is 16.5 Å². The third-order valence-electron chi connectivity index (χ3n) is 2.45. The highest BCUT2D eigenvalue weighted by atomic mass is 32.1. The molecular formula is C12H11F2N3OS. The molecule has 5 N–H and O–H groups in total. The maximum atomic E-state index is 13.4. The molecule has 2 rings (SSSR count). The van der Waals surface area contributed by atoms with Crippen LogP contribution < -0.4 is 16.8 Å². The summed E-state index contributed by atoms with van der Waals surface area (Å²) in [6.45, 7) is 0.157. The fraction of sp³-hybridized carbons (Fsp3) is 0.0833. The smallest absolute Gasteiger partial charge is 0.260 e. The number of primary amides is 1. The highest BCUT2D eigenvalue weighted by molar-refractivity contribution is 7.18. The number of nitrogens with two attached hydrogens (primary N) is 2. The minimum absolute atomic E-state index is 0.157. The van der Waals surface area contributed by atoms with Crippen molar-refractivity contribution in [2.45, 2.75) is 6.54 Å². The van der Waals surface area contributed by atoms with Gasteiger partial charge in [-0.25, -0.2) is 8.78 Å². The molecule has 0 aliphatic carbocycles. The number of thiophene rings is 1. The number of hydrogen-bond acceptors (Lipinski definition) is 4. The van der Waals surface area contributed by atoms with Gasteiger partial charge in [0.2, 0.25) is 0 Å². The summed E-state index contributed by atoms with van der Waals surface area (Å²) in [6.07, 6.45) is 0. The van der Waals surface area contributed by atoms with Gasteiger partial charge in [0, 0.05) is 18.2 Å². The molecule has 0 radical (unpaired) electrons.